The monoisotopic (exact) mass is 261 g/mol. The highest BCUT2D eigenvalue weighted by molar-refractivity contribution is 5.25. The minimum atomic E-state index is 0.459. The van der Waals surface area contributed by atoms with Crippen molar-refractivity contribution in [2.45, 2.75) is 25.8 Å². The van der Waals surface area contributed by atoms with Gasteiger partial charge in [0, 0.05) is 19.6 Å². The Labute approximate surface area is 117 Å². The molecule has 1 saturated heterocycles. The second-order valence-corrected chi connectivity index (χ2v) is 5.81. The molecule has 1 aliphatic rings. The molecule has 0 spiro atoms. The predicted molar refractivity (Wildman–Crippen MR) is 81.3 cm³/mol. The largest absolute Gasteiger partial charge is 0.330 e. The molecule has 19 heavy (non-hydrogen) atoms. The molecule has 2 N–H and O–H groups in total. The number of likely N-dealkylation sites (N-methyl/N-ethyl adjacent to an activating group) is 1. The Morgan fingerprint density at radius 1 is 1.11 bits per heavy atom. The van der Waals surface area contributed by atoms with E-state index in [2.05, 4.69) is 48.0 Å². The SMILES string of the molecule is CC(CN)c1ccc(CN2CCCN(C)CC2)cc1. The number of benzene rings is 1. The van der Waals surface area contributed by atoms with E-state index in [0.29, 0.717) is 5.92 Å². The van der Waals surface area contributed by atoms with Gasteiger partial charge in [-0.25, -0.2) is 0 Å². The lowest BCUT2D eigenvalue weighted by Gasteiger charge is -2.20. The first kappa shape index (κ1) is 14.5. The van der Waals surface area contributed by atoms with Gasteiger partial charge in [-0.1, -0.05) is 31.2 Å². The summed E-state index contributed by atoms with van der Waals surface area (Å²) in [6.45, 7) is 8.77. The first-order valence-corrected chi connectivity index (χ1v) is 7.39. The maximum Gasteiger partial charge on any atom is 0.0234 e. The molecule has 0 bridgehead atoms. The Balaban J connectivity index is 1.91. The van der Waals surface area contributed by atoms with Gasteiger partial charge in [-0.05, 0) is 50.1 Å². The first-order chi connectivity index (χ1) is 9.19. The number of nitrogens with zero attached hydrogens (tertiary/aromatic N) is 2. The molecule has 1 unspecified atom stereocenters. The van der Waals surface area contributed by atoms with Crippen molar-refractivity contribution in [1.29, 1.82) is 0 Å². The van der Waals surface area contributed by atoms with E-state index in [1.54, 1.807) is 0 Å². The quantitative estimate of drug-likeness (QED) is 0.898. The average molecular weight is 261 g/mol. The predicted octanol–water partition coefficient (Wildman–Crippen LogP) is 1.89. The molecule has 1 fully saturated rings. The van der Waals surface area contributed by atoms with E-state index in [1.807, 2.05) is 0 Å². The second kappa shape index (κ2) is 7.04. The minimum absolute atomic E-state index is 0.459. The number of nitrogens with two attached hydrogens (primary N) is 1. The van der Waals surface area contributed by atoms with Crippen LogP contribution in [-0.2, 0) is 6.54 Å². The number of hydrogen-bond donors (Lipinski definition) is 1. The van der Waals surface area contributed by atoms with Crippen LogP contribution in [-0.4, -0.2) is 49.6 Å². The van der Waals surface area contributed by atoms with E-state index in [4.69, 9.17) is 5.73 Å². The summed E-state index contributed by atoms with van der Waals surface area (Å²) >= 11 is 0. The maximum atomic E-state index is 5.71. The van der Waals surface area contributed by atoms with Crippen molar-refractivity contribution in [1.82, 2.24) is 9.80 Å². The maximum absolute atomic E-state index is 5.71. The van der Waals surface area contributed by atoms with Gasteiger partial charge in [0.05, 0.1) is 0 Å². The average Bonchev–Trinajstić information content (AvgIpc) is 2.64. The third kappa shape index (κ3) is 4.30. The first-order valence-electron chi connectivity index (χ1n) is 7.39. The summed E-state index contributed by atoms with van der Waals surface area (Å²) in [6.07, 6.45) is 1.28. The van der Waals surface area contributed by atoms with Gasteiger partial charge >= 0.3 is 0 Å². The molecular formula is C16H27N3. The van der Waals surface area contributed by atoms with E-state index in [1.165, 1.54) is 43.7 Å². The molecule has 0 aromatic heterocycles. The highest BCUT2D eigenvalue weighted by Crippen LogP contribution is 2.16. The molecule has 3 heteroatoms. The van der Waals surface area contributed by atoms with Crippen LogP contribution < -0.4 is 5.73 Å². The van der Waals surface area contributed by atoms with Crippen LogP contribution in [0.25, 0.3) is 0 Å². The number of hydrogen-bond acceptors (Lipinski definition) is 3. The molecule has 1 aliphatic heterocycles. The van der Waals surface area contributed by atoms with Crippen molar-refractivity contribution in [3.63, 3.8) is 0 Å². The van der Waals surface area contributed by atoms with Crippen molar-refractivity contribution in [2.75, 3.05) is 39.8 Å². The van der Waals surface area contributed by atoms with Crippen molar-refractivity contribution >= 4 is 0 Å². The summed E-state index contributed by atoms with van der Waals surface area (Å²) in [6, 6.07) is 8.99. The highest BCUT2D eigenvalue weighted by Gasteiger charge is 2.12. The van der Waals surface area contributed by atoms with Gasteiger partial charge in [-0.2, -0.15) is 0 Å². The van der Waals surface area contributed by atoms with Gasteiger partial charge in [0.2, 0.25) is 0 Å². The van der Waals surface area contributed by atoms with Crippen LogP contribution >= 0.6 is 0 Å². The molecule has 1 heterocycles. The van der Waals surface area contributed by atoms with Crippen molar-refractivity contribution in [3.05, 3.63) is 35.4 Å². The summed E-state index contributed by atoms with van der Waals surface area (Å²) in [5, 5.41) is 0. The Bertz CT molecular complexity index is 374. The van der Waals surface area contributed by atoms with Crippen LogP contribution in [0.3, 0.4) is 0 Å². The third-order valence-corrected chi connectivity index (χ3v) is 4.12. The van der Waals surface area contributed by atoms with Crippen LogP contribution in [0.15, 0.2) is 24.3 Å². The van der Waals surface area contributed by atoms with Gasteiger partial charge < -0.3 is 10.6 Å². The fourth-order valence-electron chi connectivity index (χ4n) is 2.60. The molecule has 0 saturated carbocycles. The summed E-state index contributed by atoms with van der Waals surface area (Å²) in [4.78, 5) is 4.98. The fourth-order valence-corrected chi connectivity index (χ4v) is 2.60. The molecule has 3 nitrogen and oxygen atoms in total. The van der Waals surface area contributed by atoms with Gasteiger partial charge in [0.15, 0.2) is 0 Å². The molecule has 0 aliphatic carbocycles. The van der Waals surface area contributed by atoms with E-state index in [9.17, 15) is 0 Å². The Kier molecular flexibility index (Phi) is 5.37. The lowest BCUT2D eigenvalue weighted by molar-refractivity contribution is 0.269. The standard InChI is InChI=1S/C16H27N3/c1-14(12-17)16-6-4-15(5-7-16)13-19-9-3-8-18(2)10-11-19/h4-7,14H,3,8-13,17H2,1-2H3. The summed E-state index contributed by atoms with van der Waals surface area (Å²) in [5.41, 5.74) is 8.47. The molecule has 2 rings (SSSR count). The van der Waals surface area contributed by atoms with E-state index in [0.717, 1.165) is 13.1 Å². The third-order valence-electron chi connectivity index (χ3n) is 4.12. The Morgan fingerprint density at radius 3 is 2.53 bits per heavy atom. The number of rotatable bonds is 4. The summed E-state index contributed by atoms with van der Waals surface area (Å²) < 4.78 is 0. The smallest absolute Gasteiger partial charge is 0.0234 e. The van der Waals surface area contributed by atoms with Crippen LogP contribution in [0.2, 0.25) is 0 Å². The molecule has 1 atom stereocenters. The van der Waals surface area contributed by atoms with E-state index < -0.39 is 0 Å². The zero-order valence-electron chi connectivity index (χ0n) is 12.3. The van der Waals surface area contributed by atoms with Gasteiger partial charge in [-0.15, -0.1) is 0 Å². The van der Waals surface area contributed by atoms with Crippen LogP contribution in [0.1, 0.15) is 30.4 Å². The molecule has 0 radical (unpaired) electrons. The van der Waals surface area contributed by atoms with Gasteiger partial charge in [-0.3, -0.25) is 4.90 Å². The minimum Gasteiger partial charge on any atom is -0.330 e. The highest BCUT2D eigenvalue weighted by atomic mass is 15.2. The summed E-state index contributed by atoms with van der Waals surface area (Å²) in [5.74, 6) is 0.459. The zero-order chi connectivity index (χ0) is 13.7. The second-order valence-electron chi connectivity index (χ2n) is 5.81. The van der Waals surface area contributed by atoms with Crippen LogP contribution in [0.5, 0.6) is 0 Å². The molecular weight excluding hydrogens is 234 g/mol. The van der Waals surface area contributed by atoms with E-state index in [-0.39, 0.29) is 0 Å². The van der Waals surface area contributed by atoms with Crippen molar-refractivity contribution in [2.24, 2.45) is 5.73 Å². The Morgan fingerprint density at radius 2 is 1.84 bits per heavy atom. The molecule has 1 aromatic rings. The summed E-state index contributed by atoms with van der Waals surface area (Å²) in [7, 11) is 2.21. The normalized spacial score (nSPS) is 20.2. The fraction of sp³-hybridized carbons (Fsp3) is 0.625. The van der Waals surface area contributed by atoms with Crippen molar-refractivity contribution in [3.8, 4) is 0 Å². The Hall–Kier alpha value is -0.900. The lowest BCUT2D eigenvalue weighted by Crippen LogP contribution is -2.28. The van der Waals surface area contributed by atoms with Crippen LogP contribution in [0.4, 0.5) is 0 Å². The van der Waals surface area contributed by atoms with Gasteiger partial charge in [0.1, 0.15) is 0 Å². The zero-order valence-corrected chi connectivity index (χ0v) is 12.3. The molecule has 1 aromatic carbocycles. The topological polar surface area (TPSA) is 32.5 Å². The van der Waals surface area contributed by atoms with E-state index >= 15 is 0 Å². The van der Waals surface area contributed by atoms with Crippen LogP contribution in [0, 0.1) is 0 Å². The van der Waals surface area contributed by atoms with Crippen molar-refractivity contribution < 1.29 is 0 Å². The lowest BCUT2D eigenvalue weighted by atomic mass is 10.00. The molecule has 0 amide bonds. The van der Waals surface area contributed by atoms with Gasteiger partial charge in [0.25, 0.3) is 0 Å². The molecule has 106 valence electrons.